The Kier molecular flexibility index (Phi) is 4.13. The summed E-state index contributed by atoms with van der Waals surface area (Å²) in [5.74, 6) is 1.53. The van der Waals surface area contributed by atoms with Crippen molar-refractivity contribution in [2.24, 2.45) is 0 Å². The van der Waals surface area contributed by atoms with Crippen LogP contribution in [0, 0.1) is 0 Å². The van der Waals surface area contributed by atoms with E-state index < -0.39 is 0 Å². The maximum Gasteiger partial charge on any atom is 0.142 e. The minimum atomic E-state index is 0.205. The maximum absolute atomic E-state index is 6.61. The molecule has 6 nitrogen and oxygen atoms in total. The zero-order chi connectivity index (χ0) is 19.1. The summed E-state index contributed by atoms with van der Waals surface area (Å²) >= 11 is 0. The number of aromatic amines is 1. The Morgan fingerprint density at radius 2 is 1.86 bits per heavy atom. The number of anilines is 1. The van der Waals surface area contributed by atoms with Gasteiger partial charge in [0.2, 0.25) is 0 Å². The molecule has 6 heteroatoms. The van der Waals surface area contributed by atoms with Crippen LogP contribution in [0.5, 0.6) is 5.75 Å². The fourth-order valence-electron chi connectivity index (χ4n) is 3.89. The third kappa shape index (κ3) is 2.96. The predicted octanol–water partition coefficient (Wildman–Crippen LogP) is 3.83. The van der Waals surface area contributed by atoms with Gasteiger partial charge in [-0.15, -0.1) is 0 Å². The molecule has 0 bridgehead atoms. The van der Waals surface area contributed by atoms with Crippen molar-refractivity contribution in [3.8, 4) is 17.1 Å². The Labute approximate surface area is 163 Å². The van der Waals surface area contributed by atoms with Crippen LogP contribution in [-0.4, -0.2) is 46.1 Å². The number of nitrogens with zero attached hydrogens (tertiary/aromatic N) is 3. The van der Waals surface area contributed by atoms with Gasteiger partial charge >= 0.3 is 0 Å². The zero-order valence-electron chi connectivity index (χ0n) is 15.9. The Morgan fingerprint density at radius 1 is 1.07 bits per heavy atom. The molecule has 0 spiro atoms. The lowest BCUT2D eigenvalue weighted by Gasteiger charge is -2.29. The Bertz CT molecular complexity index is 1110. The highest BCUT2D eigenvalue weighted by Gasteiger charge is 2.21. The topological polar surface area (TPSA) is 80.1 Å². The number of nitrogens with two attached hydrogens (primary N) is 1. The van der Waals surface area contributed by atoms with Gasteiger partial charge in [0, 0.05) is 19.3 Å². The van der Waals surface area contributed by atoms with Gasteiger partial charge in [-0.05, 0) is 44.2 Å². The quantitative estimate of drug-likeness (QED) is 0.570. The average molecular weight is 373 g/mol. The molecule has 1 fully saturated rings. The molecule has 0 aliphatic carbocycles. The van der Waals surface area contributed by atoms with Gasteiger partial charge in [-0.25, -0.2) is 4.98 Å². The lowest BCUT2D eigenvalue weighted by Crippen LogP contribution is -2.35. The number of aromatic nitrogens is 3. The zero-order valence-corrected chi connectivity index (χ0v) is 15.9. The van der Waals surface area contributed by atoms with Gasteiger partial charge in [0.25, 0.3) is 0 Å². The van der Waals surface area contributed by atoms with Crippen LogP contribution < -0.4 is 10.5 Å². The third-order valence-electron chi connectivity index (χ3n) is 5.50. The van der Waals surface area contributed by atoms with Crippen LogP contribution in [0.1, 0.15) is 12.8 Å². The summed E-state index contributed by atoms with van der Waals surface area (Å²) in [6.45, 7) is 2.10. The predicted molar refractivity (Wildman–Crippen MR) is 112 cm³/mol. The number of pyridine rings is 1. The van der Waals surface area contributed by atoms with Gasteiger partial charge in [-0.3, -0.25) is 4.98 Å². The molecule has 0 saturated carbocycles. The van der Waals surface area contributed by atoms with Crippen molar-refractivity contribution in [2.75, 3.05) is 25.9 Å². The van der Waals surface area contributed by atoms with Crippen molar-refractivity contribution in [3.63, 3.8) is 0 Å². The van der Waals surface area contributed by atoms with E-state index in [-0.39, 0.29) is 6.10 Å². The van der Waals surface area contributed by atoms with Crippen LogP contribution in [0.15, 0.2) is 48.7 Å². The number of fused-ring (bicyclic) bond motifs is 2. The van der Waals surface area contributed by atoms with Gasteiger partial charge in [-0.2, -0.15) is 0 Å². The van der Waals surface area contributed by atoms with Crippen molar-refractivity contribution in [1.82, 2.24) is 19.9 Å². The molecule has 3 N–H and O–H groups in total. The molecule has 2 aromatic heterocycles. The van der Waals surface area contributed by atoms with Crippen LogP contribution in [0.4, 0.5) is 5.69 Å². The Balaban J connectivity index is 1.57. The van der Waals surface area contributed by atoms with Gasteiger partial charge in [0.15, 0.2) is 0 Å². The summed E-state index contributed by atoms with van der Waals surface area (Å²) in [7, 11) is 2.15. The van der Waals surface area contributed by atoms with Crippen molar-refractivity contribution >= 4 is 27.6 Å². The number of piperidine rings is 1. The number of H-pyrrole nitrogens is 1. The molecule has 0 atom stereocenters. The number of para-hydroxylation sites is 2. The van der Waals surface area contributed by atoms with Gasteiger partial charge in [0.05, 0.1) is 33.2 Å². The first-order chi connectivity index (χ1) is 13.7. The normalized spacial score (nSPS) is 16.0. The highest BCUT2D eigenvalue weighted by Crippen LogP contribution is 2.37. The fraction of sp³-hybridized carbons (Fsp3) is 0.273. The molecule has 1 aliphatic rings. The molecule has 2 aromatic carbocycles. The second-order valence-electron chi connectivity index (χ2n) is 7.46. The number of benzene rings is 2. The minimum Gasteiger partial charge on any atom is -0.490 e. The second-order valence-corrected chi connectivity index (χ2v) is 7.46. The van der Waals surface area contributed by atoms with Crippen molar-refractivity contribution in [2.45, 2.75) is 18.9 Å². The second kappa shape index (κ2) is 6.80. The number of likely N-dealkylation sites (tertiary alicyclic amines) is 1. The van der Waals surface area contributed by atoms with E-state index >= 15 is 0 Å². The van der Waals surface area contributed by atoms with Crippen LogP contribution in [0.2, 0.25) is 0 Å². The lowest BCUT2D eigenvalue weighted by molar-refractivity contribution is 0.116. The van der Waals surface area contributed by atoms with Crippen LogP contribution in [0.25, 0.3) is 33.3 Å². The van der Waals surface area contributed by atoms with Crippen molar-refractivity contribution in [1.29, 1.82) is 0 Å². The van der Waals surface area contributed by atoms with Crippen LogP contribution in [-0.2, 0) is 0 Å². The number of hydrogen-bond acceptors (Lipinski definition) is 5. The van der Waals surface area contributed by atoms with E-state index in [9.17, 15) is 0 Å². The fourth-order valence-corrected chi connectivity index (χ4v) is 3.89. The molecule has 3 heterocycles. The van der Waals surface area contributed by atoms with Gasteiger partial charge < -0.3 is 20.4 Å². The van der Waals surface area contributed by atoms with Crippen molar-refractivity contribution in [3.05, 3.63) is 48.7 Å². The summed E-state index contributed by atoms with van der Waals surface area (Å²) in [5.41, 5.74) is 10.8. The number of imidazole rings is 1. The van der Waals surface area contributed by atoms with E-state index in [0.717, 1.165) is 65.0 Å². The first-order valence-electron chi connectivity index (χ1n) is 9.66. The van der Waals surface area contributed by atoms with Crippen LogP contribution >= 0.6 is 0 Å². The number of nitrogens with one attached hydrogen (secondary N) is 1. The Hall–Kier alpha value is -3.12. The molecular weight excluding hydrogens is 350 g/mol. The molecule has 5 rings (SSSR count). The highest BCUT2D eigenvalue weighted by molar-refractivity contribution is 6.01. The van der Waals surface area contributed by atoms with Crippen LogP contribution in [0.3, 0.4) is 0 Å². The third-order valence-corrected chi connectivity index (χ3v) is 5.50. The van der Waals surface area contributed by atoms with E-state index in [1.807, 2.05) is 42.5 Å². The summed E-state index contributed by atoms with van der Waals surface area (Å²) in [4.78, 5) is 15.0. The monoisotopic (exact) mass is 373 g/mol. The molecule has 1 saturated heterocycles. The first-order valence-corrected chi connectivity index (χ1v) is 9.66. The Morgan fingerprint density at radius 3 is 2.68 bits per heavy atom. The molecule has 0 radical (unpaired) electrons. The minimum absolute atomic E-state index is 0.205. The number of hydrogen-bond donors (Lipinski definition) is 2. The summed E-state index contributed by atoms with van der Waals surface area (Å²) in [6.07, 6.45) is 4.03. The summed E-state index contributed by atoms with van der Waals surface area (Å²) in [6, 6.07) is 13.9. The molecule has 1 aliphatic heterocycles. The van der Waals surface area contributed by atoms with Gasteiger partial charge in [-0.1, -0.05) is 18.2 Å². The molecule has 28 heavy (non-hydrogen) atoms. The standard InChI is InChI=1S/C22H23N5O/c1-27-11-9-14(10-12-27)28-19-8-4-7-18-20(19)21(23)15(13-24-18)22-25-16-5-2-3-6-17(16)26-22/h2-8,13-14H,9-12H2,1H3,(H2,23,24)(H,25,26). The average Bonchev–Trinajstić information content (AvgIpc) is 3.14. The van der Waals surface area contributed by atoms with Crippen molar-refractivity contribution < 1.29 is 4.74 Å². The molecular formula is C22H23N5O. The van der Waals surface area contributed by atoms with E-state index in [0.29, 0.717) is 5.69 Å². The maximum atomic E-state index is 6.61. The first kappa shape index (κ1) is 17.0. The van der Waals surface area contributed by atoms with Gasteiger partial charge in [0.1, 0.15) is 17.7 Å². The summed E-state index contributed by atoms with van der Waals surface area (Å²) < 4.78 is 6.37. The lowest BCUT2D eigenvalue weighted by atomic mass is 10.1. The number of nitrogen functional groups attached to an aromatic ring is 1. The highest BCUT2D eigenvalue weighted by atomic mass is 16.5. The molecule has 142 valence electrons. The molecule has 4 aromatic rings. The van der Waals surface area contributed by atoms with E-state index in [2.05, 4.69) is 26.9 Å². The SMILES string of the molecule is CN1CCC(Oc2cccc3ncc(-c4nc5ccccc5[nH]4)c(N)c23)CC1. The summed E-state index contributed by atoms with van der Waals surface area (Å²) in [5, 5.41) is 0.861. The van der Waals surface area contributed by atoms with E-state index in [4.69, 9.17) is 10.5 Å². The number of ether oxygens (including phenoxy) is 1. The number of rotatable bonds is 3. The molecule has 0 unspecified atom stereocenters. The largest absolute Gasteiger partial charge is 0.490 e. The molecule has 0 amide bonds. The van der Waals surface area contributed by atoms with E-state index in [1.54, 1.807) is 6.20 Å². The smallest absolute Gasteiger partial charge is 0.142 e. The van der Waals surface area contributed by atoms with E-state index in [1.165, 1.54) is 0 Å².